The van der Waals surface area contributed by atoms with E-state index in [2.05, 4.69) is 10.3 Å². The maximum atomic E-state index is 12.8. The van der Waals surface area contributed by atoms with E-state index in [0.29, 0.717) is 18.7 Å². The molecular formula is C19H25N3O2. The largest absolute Gasteiger partial charge is 0.358 e. The number of H-pyrrole nitrogens is 1. The summed E-state index contributed by atoms with van der Waals surface area (Å²) in [6.45, 7) is 4.96. The van der Waals surface area contributed by atoms with E-state index in [9.17, 15) is 9.59 Å². The van der Waals surface area contributed by atoms with Gasteiger partial charge in [-0.3, -0.25) is 9.59 Å². The van der Waals surface area contributed by atoms with Crippen molar-refractivity contribution in [3.05, 3.63) is 35.0 Å². The fourth-order valence-electron chi connectivity index (χ4n) is 3.48. The second-order valence-electron chi connectivity index (χ2n) is 6.32. The molecule has 0 saturated carbocycles. The Morgan fingerprint density at radius 1 is 1.21 bits per heavy atom. The van der Waals surface area contributed by atoms with Gasteiger partial charge in [-0.1, -0.05) is 0 Å². The molecule has 0 spiro atoms. The van der Waals surface area contributed by atoms with Crippen molar-refractivity contribution in [2.75, 3.05) is 19.6 Å². The van der Waals surface area contributed by atoms with Crippen molar-refractivity contribution in [3.63, 3.8) is 0 Å². The molecule has 1 heterocycles. The molecule has 0 aliphatic heterocycles. The normalized spacial score (nSPS) is 13.6. The van der Waals surface area contributed by atoms with Crippen LogP contribution in [0.25, 0.3) is 10.9 Å². The van der Waals surface area contributed by atoms with Crippen LogP contribution in [0.3, 0.4) is 0 Å². The molecule has 0 saturated heterocycles. The maximum absolute atomic E-state index is 12.8. The van der Waals surface area contributed by atoms with Crippen LogP contribution in [0.2, 0.25) is 0 Å². The molecular weight excluding hydrogens is 302 g/mol. The number of aromatic nitrogens is 1. The second kappa shape index (κ2) is 7.07. The molecule has 0 bridgehead atoms. The van der Waals surface area contributed by atoms with Gasteiger partial charge in [0.2, 0.25) is 5.91 Å². The van der Waals surface area contributed by atoms with Crippen molar-refractivity contribution in [1.82, 2.24) is 15.2 Å². The van der Waals surface area contributed by atoms with E-state index in [1.807, 2.05) is 32.0 Å². The first kappa shape index (κ1) is 16.6. The van der Waals surface area contributed by atoms with E-state index in [4.69, 9.17) is 0 Å². The topological polar surface area (TPSA) is 65.2 Å². The predicted molar refractivity (Wildman–Crippen MR) is 95.2 cm³/mol. The third-order valence-electron chi connectivity index (χ3n) is 4.72. The van der Waals surface area contributed by atoms with E-state index in [-0.39, 0.29) is 18.4 Å². The van der Waals surface area contributed by atoms with E-state index >= 15 is 0 Å². The zero-order valence-corrected chi connectivity index (χ0v) is 14.4. The fraction of sp³-hybridized carbons (Fsp3) is 0.474. The van der Waals surface area contributed by atoms with E-state index in [1.165, 1.54) is 24.1 Å². The van der Waals surface area contributed by atoms with Crippen LogP contribution in [0, 0.1) is 0 Å². The highest BCUT2D eigenvalue weighted by atomic mass is 16.2. The third-order valence-corrected chi connectivity index (χ3v) is 4.72. The summed E-state index contributed by atoms with van der Waals surface area (Å²) in [5, 5.41) is 3.90. The quantitative estimate of drug-likeness (QED) is 0.886. The summed E-state index contributed by atoms with van der Waals surface area (Å²) in [6, 6.07) is 5.83. The van der Waals surface area contributed by atoms with E-state index in [1.54, 1.807) is 4.90 Å². The van der Waals surface area contributed by atoms with Gasteiger partial charge in [0, 0.05) is 35.2 Å². The van der Waals surface area contributed by atoms with Crippen LogP contribution >= 0.6 is 0 Å². The Morgan fingerprint density at radius 2 is 2.00 bits per heavy atom. The molecule has 2 aromatic rings. The Bertz CT molecular complexity index is 763. The highest BCUT2D eigenvalue weighted by molar-refractivity contribution is 6.00. The number of likely N-dealkylation sites (N-methyl/N-ethyl adjacent to an activating group) is 2. The lowest BCUT2D eigenvalue weighted by Crippen LogP contribution is -2.40. The standard InChI is InChI=1S/C19H25N3O2/c1-3-20-18(23)12-22(4-2)19(24)13-9-10-17-15(11-13)14-7-5-6-8-16(14)21-17/h9-11,21H,3-8,12H2,1-2H3,(H,20,23). The van der Waals surface area contributed by atoms with Crippen LogP contribution in [0.15, 0.2) is 18.2 Å². The number of aromatic amines is 1. The van der Waals surface area contributed by atoms with Gasteiger partial charge in [-0.15, -0.1) is 0 Å². The monoisotopic (exact) mass is 327 g/mol. The predicted octanol–water partition coefficient (Wildman–Crippen LogP) is 2.64. The average Bonchev–Trinajstić information content (AvgIpc) is 2.97. The minimum Gasteiger partial charge on any atom is -0.358 e. The van der Waals surface area contributed by atoms with Crippen molar-refractivity contribution in [1.29, 1.82) is 0 Å². The van der Waals surface area contributed by atoms with Crippen LogP contribution < -0.4 is 5.32 Å². The maximum Gasteiger partial charge on any atom is 0.254 e. The number of hydrogen-bond donors (Lipinski definition) is 2. The molecule has 3 rings (SSSR count). The van der Waals surface area contributed by atoms with E-state index < -0.39 is 0 Å². The zero-order chi connectivity index (χ0) is 17.1. The minimum atomic E-state index is -0.118. The summed E-state index contributed by atoms with van der Waals surface area (Å²) in [7, 11) is 0. The minimum absolute atomic E-state index is 0.0867. The molecule has 0 fully saturated rings. The number of nitrogens with zero attached hydrogens (tertiary/aromatic N) is 1. The van der Waals surface area contributed by atoms with Crippen molar-refractivity contribution in [2.45, 2.75) is 39.5 Å². The Hall–Kier alpha value is -2.30. The van der Waals surface area contributed by atoms with Crippen molar-refractivity contribution in [2.24, 2.45) is 0 Å². The summed E-state index contributed by atoms with van der Waals surface area (Å²) < 4.78 is 0. The molecule has 1 aliphatic rings. The van der Waals surface area contributed by atoms with Crippen molar-refractivity contribution in [3.8, 4) is 0 Å². The highest BCUT2D eigenvalue weighted by Gasteiger charge is 2.20. The van der Waals surface area contributed by atoms with Gasteiger partial charge in [-0.05, 0) is 63.3 Å². The first-order chi connectivity index (χ1) is 11.6. The molecule has 1 aromatic carbocycles. The lowest BCUT2D eigenvalue weighted by atomic mass is 9.95. The van der Waals surface area contributed by atoms with Gasteiger partial charge >= 0.3 is 0 Å². The highest BCUT2D eigenvalue weighted by Crippen LogP contribution is 2.29. The summed E-state index contributed by atoms with van der Waals surface area (Å²) in [5.74, 6) is -0.204. The van der Waals surface area contributed by atoms with Gasteiger partial charge in [-0.2, -0.15) is 0 Å². The van der Waals surface area contributed by atoms with Crippen molar-refractivity contribution >= 4 is 22.7 Å². The Morgan fingerprint density at radius 3 is 2.75 bits per heavy atom. The van der Waals surface area contributed by atoms with Crippen molar-refractivity contribution < 1.29 is 9.59 Å². The Labute approximate surface area is 142 Å². The summed E-state index contributed by atoms with van der Waals surface area (Å²) >= 11 is 0. The summed E-state index contributed by atoms with van der Waals surface area (Å²) in [5.41, 5.74) is 4.43. The summed E-state index contributed by atoms with van der Waals surface area (Å²) in [4.78, 5) is 29.7. The lowest BCUT2D eigenvalue weighted by Gasteiger charge is -2.20. The SMILES string of the molecule is CCNC(=O)CN(CC)C(=O)c1ccc2[nH]c3c(c2c1)CCCC3. The number of amides is 2. The first-order valence-electron chi connectivity index (χ1n) is 8.83. The molecule has 0 atom stereocenters. The smallest absolute Gasteiger partial charge is 0.254 e. The van der Waals surface area contributed by atoms with Crippen LogP contribution in [-0.2, 0) is 17.6 Å². The van der Waals surface area contributed by atoms with Crippen LogP contribution in [0.5, 0.6) is 0 Å². The molecule has 128 valence electrons. The van der Waals surface area contributed by atoms with Gasteiger partial charge in [0.1, 0.15) is 0 Å². The van der Waals surface area contributed by atoms with Gasteiger partial charge in [-0.25, -0.2) is 0 Å². The molecule has 5 nitrogen and oxygen atoms in total. The number of nitrogens with one attached hydrogen (secondary N) is 2. The number of rotatable bonds is 5. The number of hydrogen-bond acceptors (Lipinski definition) is 2. The second-order valence-corrected chi connectivity index (χ2v) is 6.32. The first-order valence-corrected chi connectivity index (χ1v) is 8.83. The van der Waals surface area contributed by atoms with Gasteiger partial charge < -0.3 is 15.2 Å². The number of benzene rings is 1. The van der Waals surface area contributed by atoms with E-state index in [0.717, 1.165) is 23.7 Å². The van der Waals surface area contributed by atoms with Crippen LogP contribution in [-0.4, -0.2) is 41.3 Å². The number of carbonyl (C=O) groups is 2. The molecule has 1 aliphatic carbocycles. The molecule has 2 N–H and O–H groups in total. The Balaban J connectivity index is 1.87. The molecule has 0 unspecified atom stereocenters. The third kappa shape index (κ3) is 3.16. The number of carbonyl (C=O) groups excluding carboxylic acids is 2. The average molecular weight is 327 g/mol. The summed E-state index contributed by atoms with van der Waals surface area (Å²) in [6.07, 6.45) is 4.59. The van der Waals surface area contributed by atoms with Crippen LogP contribution in [0.1, 0.15) is 48.3 Å². The molecule has 2 amide bonds. The number of fused-ring (bicyclic) bond motifs is 3. The fourth-order valence-corrected chi connectivity index (χ4v) is 3.48. The zero-order valence-electron chi connectivity index (χ0n) is 14.4. The molecule has 0 radical (unpaired) electrons. The molecule has 5 heteroatoms. The lowest BCUT2D eigenvalue weighted by molar-refractivity contribution is -0.121. The van der Waals surface area contributed by atoms with Crippen LogP contribution in [0.4, 0.5) is 0 Å². The van der Waals surface area contributed by atoms with Gasteiger partial charge in [0.25, 0.3) is 5.91 Å². The molecule has 24 heavy (non-hydrogen) atoms. The Kier molecular flexibility index (Phi) is 4.88. The number of aryl methyl sites for hydroxylation is 2. The van der Waals surface area contributed by atoms with Gasteiger partial charge in [0.15, 0.2) is 0 Å². The molecule has 1 aromatic heterocycles. The van der Waals surface area contributed by atoms with Gasteiger partial charge in [0.05, 0.1) is 6.54 Å².